The number of nitrogens with one attached hydrogen (secondary N) is 1. The average molecular weight is 278 g/mol. The van der Waals surface area contributed by atoms with Crippen molar-refractivity contribution in [1.82, 2.24) is 0 Å². The van der Waals surface area contributed by atoms with E-state index in [4.69, 9.17) is 16.9 Å². The van der Waals surface area contributed by atoms with Crippen LogP contribution in [-0.4, -0.2) is 6.04 Å². The van der Waals surface area contributed by atoms with Crippen molar-refractivity contribution in [2.24, 2.45) is 0 Å². The number of hydrogen-bond acceptors (Lipinski definition) is 2. The second-order valence-corrected chi connectivity index (χ2v) is 3.95. The van der Waals surface area contributed by atoms with Gasteiger partial charge in [0.1, 0.15) is 11.9 Å². The van der Waals surface area contributed by atoms with Crippen LogP contribution >= 0.6 is 27.5 Å². The minimum atomic E-state index is -0.454. The normalized spacial score (nSPS) is 11.9. The predicted molar refractivity (Wildman–Crippen MR) is 57.8 cm³/mol. The Balaban J connectivity index is 2.97. The molecule has 0 aliphatic carbocycles. The molecule has 1 aromatic rings. The highest BCUT2D eigenvalue weighted by atomic mass is 79.9. The molecular formula is C9H7BrClFN2. The third-order valence-corrected chi connectivity index (χ3v) is 2.89. The van der Waals surface area contributed by atoms with Gasteiger partial charge in [-0.25, -0.2) is 4.39 Å². The van der Waals surface area contributed by atoms with Crippen LogP contribution in [0.1, 0.15) is 6.92 Å². The lowest BCUT2D eigenvalue weighted by atomic mass is 10.2. The van der Waals surface area contributed by atoms with Crippen LogP contribution in [0, 0.1) is 17.1 Å². The van der Waals surface area contributed by atoms with Crippen molar-refractivity contribution in [3.63, 3.8) is 0 Å². The summed E-state index contributed by atoms with van der Waals surface area (Å²) >= 11 is 8.73. The van der Waals surface area contributed by atoms with Gasteiger partial charge in [-0.2, -0.15) is 5.26 Å². The lowest BCUT2D eigenvalue weighted by Gasteiger charge is -2.09. The van der Waals surface area contributed by atoms with Crippen molar-refractivity contribution < 1.29 is 4.39 Å². The largest absolute Gasteiger partial charge is 0.370 e. The standard InChI is InChI=1S/C9H7BrClFN2/c1-5(4-13)14-6-2-7(11)9(10)8(12)3-6/h2-3,5,14H,1H3. The summed E-state index contributed by atoms with van der Waals surface area (Å²) in [6, 6.07) is 4.44. The van der Waals surface area contributed by atoms with Crippen molar-refractivity contribution in [2.75, 3.05) is 5.32 Å². The zero-order valence-electron chi connectivity index (χ0n) is 7.31. The molecule has 1 aromatic carbocycles. The van der Waals surface area contributed by atoms with Gasteiger partial charge in [-0.1, -0.05) is 11.6 Å². The number of halogens is 3. The van der Waals surface area contributed by atoms with Crippen molar-refractivity contribution in [3.05, 3.63) is 27.4 Å². The molecule has 74 valence electrons. The van der Waals surface area contributed by atoms with Crippen LogP contribution in [0.4, 0.5) is 10.1 Å². The number of rotatable bonds is 2. The molecule has 0 fully saturated rings. The maximum absolute atomic E-state index is 13.1. The lowest BCUT2D eigenvalue weighted by molar-refractivity contribution is 0.621. The first-order valence-electron chi connectivity index (χ1n) is 3.85. The van der Waals surface area contributed by atoms with Crippen molar-refractivity contribution in [3.8, 4) is 6.07 Å². The van der Waals surface area contributed by atoms with Crippen LogP contribution in [0.5, 0.6) is 0 Å². The third kappa shape index (κ3) is 2.60. The molecule has 0 bridgehead atoms. The third-order valence-electron chi connectivity index (χ3n) is 1.56. The van der Waals surface area contributed by atoms with E-state index in [1.165, 1.54) is 6.07 Å². The molecule has 0 saturated carbocycles. The van der Waals surface area contributed by atoms with Gasteiger partial charge in [-0.3, -0.25) is 0 Å². The Morgan fingerprint density at radius 2 is 2.29 bits per heavy atom. The van der Waals surface area contributed by atoms with E-state index in [1.54, 1.807) is 13.0 Å². The fraction of sp³-hybridized carbons (Fsp3) is 0.222. The summed E-state index contributed by atoms with van der Waals surface area (Å²) < 4.78 is 13.4. The SMILES string of the molecule is CC(C#N)Nc1cc(F)c(Br)c(Cl)c1. The molecule has 1 unspecified atom stereocenters. The second-order valence-electron chi connectivity index (χ2n) is 2.75. The van der Waals surface area contributed by atoms with E-state index in [9.17, 15) is 4.39 Å². The first-order chi connectivity index (χ1) is 6.54. The Hall–Kier alpha value is -0.790. The highest BCUT2D eigenvalue weighted by molar-refractivity contribution is 9.10. The van der Waals surface area contributed by atoms with Gasteiger partial charge in [0, 0.05) is 5.69 Å². The van der Waals surface area contributed by atoms with Crippen molar-refractivity contribution >= 4 is 33.2 Å². The van der Waals surface area contributed by atoms with Gasteiger partial charge in [0.25, 0.3) is 0 Å². The molecule has 0 saturated heterocycles. The van der Waals surface area contributed by atoms with E-state index in [2.05, 4.69) is 21.2 Å². The predicted octanol–water partition coefficient (Wildman–Crippen LogP) is 3.57. The number of hydrogen-bond donors (Lipinski definition) is 1. The van der Waals surface area contributed by atoms with Gasteiger partial charge >= 0.3 is 0 Å². The van der Waals surface area contributed by atoms with Gasteiger partial charge in [-0.15, -0.1) is 0 Å². The maximum atomic E-state index is 13.1. The fourth-order valence-electron chi connectivity index (χ4n) is 0.921. The summed E-state index contributed by atoms with van der Waals surface area (Å²) in [7, 11) is 0. The molecule has 14 heavy (non-hydrogen) atoms. The van der Waals surface area contributed by atoms with E-state index >= 15 is 0 Å². The summed E-state index contributed by atoms with van der Waals surface area (Å²) in [4.78, 5) is 0. The molecule has 0 spiro atoms. The van der Waals surface area contributed by atoms with E-state index in [0.717, 1.165) is 0 Å². The summed E-state index contributed by atoms with van der Waals surface area (Å²) in [6.45, 7) is 1.67. The lowest BCUT2D eigenvalue weighted by Crippen LogP contribution is -2.12. The molecule has 0 radical (unpaired) electrons. The zero-order chi connectivity index (χ0) is 10.7. The highest BCUT2D eigenvalue weighted by Crippen LogP contribution is 2.29. The molecule has 0 aromatic heterocycles. The Bertz CT molecular complexity index is 366. The summed E-state index contributed by atoms with van der Waals surface area (Å²) in [5.41, 5.74) is 0.491. The molecule has 0 heterocycles. The van der Waals surface area contributed by atoms with E-state index in [1.807, 2.05) is 6.07 Å². The zero-order valence-corrected chi connectivity index (χ0v) is 9.66. The van der Waals surface area contributed by atoms with Crippen LogP contribution in [-0.2, 0) is 0 Å². The van der Waals surface area contributed by atoms with Gasteiger partial charge in [-0.05, 0) is 35.0 Å². The molecule has 1 atom stereocenters. The number of benzene rings is 1. The molecule has 0 amide bonds. The van der Waals surface area contributed by atoms with Gasteiger partial charge < -0.3 is 5.32 Å². The monoisotopic (exact) mass is 276 g/mol. The molecule has 1 N–H and O–H groups in total. The molecule has 0 aliphatic heterocycles. The molecular weight excluding hydrogens is 270 g/mol. The van der Waals surface area contributed by atoms with Crippen LogP contribution < -0.4 is 5.32 Å². The Labute approximate surface area is 94.8 Å². The molecule has 5 heteroatoms. The van der Waals surface area contributed by atoms with Gasteiger partial charge in [0.15, 0.2) is 0 Å². The Morgan fingerprint density at radius 3 is 2.79 bits per heavy atom. The van der Waals surface area contributed by atoms with E-state index < -0.39 is 5.82 Å². The Kier molecular flexibility index (Phi) is 3.73. The van der Waals surface area contributed by atoms with E-state index in [-0.39, 0.29) is 15.5 Å². The molecule has 2 nitrogen and oxygen atoms in total. The van der Waals surface area contributed by atoms with Crippen LogP contribution in [0.25, 0.3) is 0 Å². The summed E-state index contributed by atoms with van der Waals surface area (Å²) in [5.74, 6) is -0.454. The smallest absolute Gasteiger partial charge is 0.140 e. The first-order valence-corrected chi connectivity index (χ1v) is 5.02. The summed E-state index contributed by atoms with van der Waals surface area (Å²) in [6.07, 6.45) is 0. The number of nitriles is 1. The Morgan fingerprint density at radius 1 is 1.64 bits per heavy atom. The average Bonchev–Trinajstić information content (AvgIpc) is 2.14. The quantitative estimate of drug-likeness (QED) is 0.839. The van der Waals surface area contributed by atoms with Gasteiger partial charge in [0.05, 0.1) is 15.6 Å². The second kappa shape index (κ2) is 4.63. The fourth-order valence-corrected chi connectivity index (χ4v) is 1.36. The summed E-state index contributed by atoms with van der Waals surface area (Å²) in [5, 5.41) is 11.6. The van der Waals surface area contributed by atoms with Crippen molar-refractivity contribution in [2.45, 2.75) is 13.0 Å². The molecule has 0 aliphatic rings. The topological polar surface area (TPSA) is 35.8 Å². The van der Waals surface area contributed by atoms with Crippen LogP contribution in [0.2, 0.25) is 5.02 Å². The minimum Gasteiger partial charge on any atom is -0.370 e. The van der Waals surface area contributed by atoms with E-state index in [0.29, 0.717) is 5.69 Å². The van der Waals surface area contributed by atoms with Gasteiger partial charge in [0.2, 0.25) is 0 Å². The van der Waals surface area contributed by atoms with Crippen LogP contribution in [0.15, 0.2) is 16.6 Å². The highest BCUT2D eigenvalue weighted by Gasteiger charge is 2.08. The number of anilines is 1. The minimum absolute atomic E-state index is 0.231. The van der Waals surface area contributed by atoms with Crippen LogP contribution in [0.3, 0.4) is 0 Å². The number of nitrogens with zero attached hydrogens (tertiary/aromatic N) is 1. The molecule has 1 rings (SSSR count). The first kappa shape index (κ1) is 11.3. The maximum Gasteiger partial charge on any atom is 0.140 e. The van der Waals surface area contributed by atoms with Crippen molar-refractivity contribution in [1.29, 1.82) is 5.26 Å².